The van der Waals surface area contributed by atoms with Gasteiger partial charge in [-0.05, 0) is 61.9 Å². The standard InChI is InChI=1S/C26H25Cl4N3O4S/c1-3-31-26(35)17(2)32(15-18-9-11-21(28)22(29)13-18)25(34)16-33(24-12-10-19(27)14-23(24)30)38(36,37)20-7-5-4-6-8-20/h4-14,17H,3,15-16H2,1-2H3,(H,31,35)/t17-/m0/s1. The van der Waals surface area contributed by atoms with Crippen LogP contribution in [0.5, 0.6) is 0 Å². The van der Waals surface area contributed by atoms with Gasteiger partial charge >= 0.3 is 0 Å². The number of likely N-dealkylation sites (N-methyl/N-ethyl adjacent to an activating group) is 1. The first-order valence-corrected chi connectivity index (χ1v) is 14.4. The van der Waals surface area contributed by atoms with Crippen molar-refractivity contribution in [2.24, 2.45) is 0 Å². The molecule has 0 bridgehead atoms. The molecule has 0 radical (unpaired) electrons. The second-order valence-electron chi connectivity index (χ2n) is 8.26. The minimum absolute atomic E-state index is 0.0262. The summed E-state index contributed by atoms with van der Waals surface area (Å²) in [6.07, 6.45) is 0. The van der Waals surface area contributed by atoms with E-state index in [0.29, 0.717) is 22.2 Å². The van der Waals surface area contributed by atoms with E-state index in [0.717, 1.165) is 4.31 Å². The van der Waals surface area contributed by atoms with Gasteiger partial charge < -0.3 is 10.2 Å². The van der Waals surface area contributed by atoms with Crippen LogP contribution in [0.1, 0.15) is 19.4 Å². The summed E-state index contributed by atoms with van der Waals surface area (Å²) in [6, 6.07) is 15.9. The lowest BCUT2D eigenvalue weighted by molar-refractivity contribution is -0.139. The number of hydrogen-bond donors (Lipinski definition) is 1. The van der Waals surface area contributed by atoms with Crippen molar-refractivity contribution < 1.29 is 18.0 Å². The summed E-state index contributed by atoms with van der Waals surface area (Å²) in [6.45, 7) is 3.01. The van der Waals surface area contributed by atoms with Gasteiger partial charge in [0.2, 0.25) is 11.8 Å². The second kappa shape index (κ2) is 13.0. The lowest BCUT2D eigenvalue weighted by Crippen LogP contribution is -2.51. The van der Waals surface area contributed by atoms with Gasteiger partial charge in [-0.2, -0.15) is 0 Å². The highest BCUT2D eigenvalue weighted by atomic mass is 35.5. The number of benzene rings is 3. The van der Waals surface area contributed by atoms with Crippen molar-refractivity contribution in [1.82, 2.24) is 10.2 Å². The molecule has 3 aromatic rings. The second-order valence-corrected chi connectivity index (χ2v) is 11.8. The third-order valence-electron chi connectivity index (χ3n) is 5.64. The van der Waals surface area contributed by atoms with Gasteiger partial charge in [-0.1, -0.05) is 70.7 Å². The Morgan fingerprint density at radius 2 is 1.58 bits per heavy atom. The van der Waals surface area contributed by atoms with Crippen molar-refractivity contribution in [3.05, 3.63) is 92.4 Å². The Labute approximate surface area is 242 Å². The number of anilines is 1. The number of carbonyl (C=O) groups excluding carboxylic acids is 2. The molecule has 0 heterocycles. The average Bonchev–Trinajstić information content (AvgIpc) is 2.88. The quantitative estimate of drug-likeness (QED) is 0.300. The van der Waals surface area contributed by atoms with E-state index in [9.17, 15) is 18.0 Å². The van der Waals surface area contributed by atoms with Crippen LogP contribution in [0.25, 0.3) is 0 Å². The maximum Gasteiger partial charge on any atom is 0.264 e. The fourth-order valence-corrected chi connectivity index (χ4v) is 5.99. The molecule has 1 atom stereocenters. The number of nitrogens with zero attached hydrogens (tertiary/aromatic N) is 2. The molecule has 0 aliphatic carbocycles. The lowest BCUT2D eigenvalue weighted by Gasteiger charge is -2.32. The number of halogens is 4. The Balaban J connectivity index is 2.06. The molecule has 0 saturated heterocycles. The minimum atomic E-state index is -4.24. The first-order valence-electron chi connectivity index (χ1n) is 11.5. The fourth-order valence-electron chi connectivity index (χ4n) is 3.66. The third-order valence-corrected chi connectivity index (χ3v) is 8.69. The highest BCUT2D eigenvalue weighted by molar-refractivity contribution is 7.92. The van der Waals surface area contributed by atoms with Crippen LogP contribution in [-0.2, 0) is 26.2 Å². The maximum absolute atomic E-state index is 13.8. The molecular weight excluding hydrogens is 592 g/mol. The number of sulfonamides is 1. The molecule has 2 amide bonds. The number of hydrogen-bond acceptors (Lipinski definition) is 4. The van der Waals surface area contributed by atoms with E-state index in [4.69, 9.17) is 46.4 Å². The Kier molecular flexibility index (Phi) is 10.3. The van der Waals surface area contributed by atoms with Crippen molar-refractivity contribution >= 4 is 73.9 Å². The number of carbonyl (C=O) groups is 2. The van der Waals surface area contributed by atoms with Gasteiger partial charge in [0, 0.05) is 18.1 Å². The zero-order valence-electron chi connectivity index (χ0n) is 20.5. The molecule has 38 heavy (non-hydrogen) atoms. The summed E-state index contributed by atoms with van der Waals surface area (Å²) in [4.78, 5) is 27.8. The van der Waals surface area contributed by atoms with E-state index in [-0.39, 0.29) is 27.2 Å². The van der Waals surface area contributed by atoms with Crippen molar-refractivity contribution in [3.63, 3.8) is 0 Å². The summed E-state index contributed by atoms with van der Waals surface area (Å²) in [5.74, 6) is -1.04. The molecule has 0 spiro atoms. The Bertz CT molecular complexity index is 1420. The molecule has 7 nitrogen and oxygen atoms in total. The molecular formula is C26H25Cl4N3O4S. The van der Waals surface area contributed by atoms with Gasteiger partial charge in [-0.15, -0.1) is 0 Å². The number of amides is 2. The first kappa shape index (κ1) is 30.1. The van der Waals surface area contributed by atoms with Crippen molar-refractivity contribution in [2.45, 2.75) is 31.3 Å². The molecule has 0 fully saturated rings. The molecule has 0 aliphatic rings. The lowest BCUT2D eigenvalue weighted by atomic mass is 10.1. The Morgan fingerprint density at radius 3 is 2.18 bits per heavy atom. The summed E-state index contributed by atoms with van der Waals surface area (Å²) >= 11 is 24.6. The minimum Gasteiger partial charge on any atom is -0.355 e. The smallest absolute Gasteiger partial charge is 0.264 e. The summed E-state index contributed by atoms with van der Waals surface area (Å²) < 4.78 is 28.4. The van der Waals surface area contributed by atoms with Crippen LogP contribution in [-0.4, -0.2) is 44.3 Å². The zero-order chi connectivity index (χ0) is 28.0. The largest absolute Gasteiger partial charge is 0.355 e. The van der Waals surface area contributed by atoms with Crippen molar-refractivity contribution in [3.8, 4) is 0 Å². The van der Waals surface area contributed by atoms with Crippen LogP contribution >= 0.6 is 46.4 Å². The Hall–Kier alpha value is -2.49. The predicted octanol–water partition coefficient (Wildman–Crippen LogP) is 6.05. The molecule has 0 saturated carbocycles. The van der Waals surface area contributed by atoms with E-state index in [1.807, 2.05) is 0 Å². The third kappa shape index (κ3) is 7.12. The molecule has 1 N–H and O–H groups in total. The number of rotatable bonds is 10. The zero-order valence-corrected chi connectivity index (χ0v) is 24.3. The van der Waals surface area contributed by atoms with Crippen LogP contribution in [0.4, 0.5) is 5.69 Å². The summed E-state index contributed by atoms with van der Waals surface area (Å²) in [7, 11) is -4.24. The van der Waals surface area contributed by atoms with Crippen LogP contribution in [0.15, 0.2) is 71.6 Å². The van der Waals surface area contributed by atoms with Crippen LogP contribution in [0.2, 0.25) is 20.1 Å². The predicted molar refractivity (Wildman–Crippen MR) is 153 cm³/mol. The molecule has 3 rings (SSSR count). The molecule has 0 aromatic heterocycles. The highest BCUT2D eigenvalue weighted by Crippen LogP contribution is 2.33. The maximum atomic E-state index is 13.8. The van der Waals surface area contributed by atoms with Gasteiger partial charge in [-0.25, -0.2) is 8.42 Å². The average molecular weight is 617 g/mol. The molecule has 0 aliphatic heterocycles. The topological polar surface area (TPSA) is 86.8 Å². The van der Waals surface area contributed by atoms with Crippen molar-refractivity contribution in [2.75, 3.05) is 17.4 Å². The van der Waals surface area contributed by atoms with Crippen LogP contribution in [0, 0.1) is 0 Å². The highest BCUT2D eigenvalue weighted by Gasteiger charge is 2.33. The van der Waals surface area contributed by atoms with E-state index < -0.39 is 34.4 Å². The van der Waals surface area contributed by atoms with Crippen LogP contribution < -0.4 is 9.62 Å². The summed E-state index contributed by atoms with van der Waals surface area (Å²) in [5, 5.41) is 3.65. The van der Waals surface area contributed by atoms with Crippen LogP contribution in [0.3, 0.4) is 0 Å². The van der Waals surface area contributed by atoms with Gasteiger partial charge in [0.1, 0.15) is 12.6 Å². The van der Waals surface area contributed by atoms with Gasteiger partial charge in [0.15, 0.2) is 0 Å². The van der Waals surface area contributed by atoms with Crippen molar-refractivity contribution in [1.29, 1.82) is 0 Å². The fraction of sp³-hybridized carbons (Fsp3) is 0.231. The van der Waals surface area contributed by atoms with E-state index in [1.54, 1.807) is 50.2 Å². The normalized spacial score (nSPS) is 12.1. The van der Waals surface area contributed by atoms with E-state index >= 15 is 0 Å². The SMILES string of the molecule is CCNC(=O)[C@H](C)N(Cc1ccc(Cl)c(Cl)c1)C(=O)CN(c1ccc(Cl)cc1Cl)S(=O)(=O)c1ccccc1. The monoisotopic (exact) mass is 615 g/mol. The first-order chi connectivity index (χ1) is 17.9. The summed E-state index contributed by atoms with van der Waals surface area (Å²) in [5.41, 5.74) is 0.666. The van der Waals surface area contributed by atoms with Gasteiger partial charge in [0.05, 0.1) is 25.7 Å². The molecule has 0 unspecified atom stereocenters. The van der Waals surface area contributed by atoms with Gasteiger partial charge in [-0.3, -0.25) is 13.9 Å². The molecule has 202 valence electrons. The van der Waals surface area contributed by atoms with E-state index in [1.165, 1.54) is 35.2 Å². The van der Waals surface area contributed by atoms with Gasteiger partial charge in [0.25, 0.3) is 10.0 Å². The molecule has 3 aromatic carbocycles. The van der Waals surface area contributed by atoms with E-state index in [2.05, 4.69) is 5.32 Å². The number of nitrogens with one attached hydrogen (secondary N) is 1. The Morgan fingerprint density at radius 1 is 0.895 bits per heavy atom. The molecule has 12 heteroatoms.